The summed E-state index contributed by atoms with van der Waals surface area (Å²) in [5, 5.41) is 7.59. The smallest absolute Gasteiger partial charge is 0.319 e. The zero-order valence-corrected chi connectivity index (χ0v) is 22.3. The van der Waals surface area contributed by atoms with Gasteiger partial charge in [0.2, 0.25) is 0 Å². The Kier molecular flexibility index (Phi) is 5.39. The third-order valence-corrected chi connectivity index (χ3v) is 10.3. The molecule has 196 valence electrons. The Hall–Kier alpha value is -2.81. The fourth-order valence-corrected chi connectivity index (χ4v) is 8.42. The molecule has 2 aromatic carbocycles. The molecule has 38 heavy (non-hydrogen) atoms. The van der Waals surface area contributed by atoms with Gasteiger partial charge >= 0.3 is 6.01 Å². The summed E-state index contributed by atoms with van der Waals surface area (Å²) in [5.41, 5.74) is 1.94. The molecule has 8 rings (SSSR count). The molecule has 4 aliphatic rings. The fourth-order valence-electron chi connectivity index (χ4n) is 7.46. The highest BCUT2D eigenvalue weighted by atomic mass is 32.1. The Bertz CT molecular complexity index is 1520. The Balaban J connectivity index is 1.23. The molecule has 4 saturated heterocycles. The molecule has 4 aromatic rings. The number of hydrogen-bond donors (Lipinski definition) is 1. The average Bonchev–Trinajstić information content (AvgIpc) is 3.71. The van der Waals surface area contributed by atoms with E-state index in [4.69, 9.17) is 14.7 Å². The lowest BCUT2D eigenvalue weighted by atomic mass is 9.95. The van der Waals surface area contributed by atoms with Crippen LogP contribution >= 0.6 is 11.3 Å². The fraction of sp³-hybridized carbons (Fsp3) is 0.467. The molecule has 0 radical (unpaired) electrons. The van der Waals surface area contributed by atoms with E-state index in [9.17, 15) is 0 Å². The van der Waals surface area contributed by atoms with E-state index < -0.39 is 0 Å². The molecule has 2 atom stereocenters. The summed E-state index contributed by atoms with van der Waals surface area (Å²) in [4.78, 5) is 14.6. The number of hydrogen-bond acceptors (Lipinski definition) is 7. The molecule has 4 fully saturated rings. The average molecular weight is 530 g/mol. The van der Waals surface area contributed by atoms with E-state index in [0.717, 1.165) is 65.9 Å². The molecule has 8 heteroatoms. The first-order valence-electron chi connectivity index (χ1n) is 14.0. The van der Waals surface area contributed by atoms with Crippen LogP contribution in [-0.4, -0.2) is 65.3 Å². The number of fused-ring (bicyclic) bond motifs is 5. The largest absolute Gasteiger partial charge is 0.461 e. The lowest BCUT2D eigenvalue weighted by molar-refractivity contribution is 0.108. The minimum atomic E-state index is -0.292. The summed E-state index contributed by atoms with van der Waals surface area (Å²) in [7, 11) is 0. The van der Waals surface area contributed by atoms with E-state index in [0.29, 0.717) is 35.8 Å². The molecule has 2 aromatic heterocycles. The summed E-state index contributed by atoms with van der Waals surface area (Å²) >= 11 is 1.65. The number of thiophene rings is 1. The second-order valence-corrected chi connectivity index (χ2v) is 12.5. The second kappa shape index (κ2) is 8.86. The summed E-state index contributed by atoms with van der Waals surface area (Å²) in [6.07, 6.45) is 7.08. The van der Waals surface area contributed by atoms with Crippen molar-refractivity contribution in [2.24, 2.45) is 0 Å². The number of rotatable bonds is 5. The normalized spacial score (nSPS) is 24.5. The summed E-state index contributed by atoms with van der Waals surface area (Å²) in [6, 6.07) is 13.3. The number of aromatic nitrogens is 2. The van der Waals surface area contributed by atoms with E-state index >= 15 is 4.39 Å². The number of piperazine rings is 1. The van der Waals surface area contributed by atoms with Crippen LogP contribution in [0, 0.1) is 5.82 Å². The standard InChI is InChI=1S/C30H32FN5OS/c31-26-22(24-17-38-25-6-2-1-5-21(24)25)9-10-23-27(26)33-29(37-18-30-11-3-13-36(30)14-4-12-30)34-28(23)35-15-19-7-8-20(16-35)32-19/h1-2,5-6,9-10,17,19-20,32H,3-4,7-8,11-16,18H2/t19-,20+. The van der Waals surface area contributed by atoms with Gasteiger partial charge in [0.15, 0.2) is 5.82 Å². The van der Waals surface area contributed by atoms with E-state index in [1.54, 1.807) is 11.3 Å². The molecule has 0 amide bonds. The predicted octanol–water partition coefficient (Wildman–Crippen LogP) is 5.60. The van der Waals surface area contributed by atoms with E-state index in [1.165, 1.54) is 25.7 Å². The Morgan fingerprint density at radius 1 is 0.974 bits per heavy atom. The van der Waals surface area contributed by atoms with Crippen molar-refractivity contribution in [3.05, 3.63) is 47.6 Å². The zero-order chi connectivity index (χ0) is 25.3. The molecule has 0 spiro atoms. The van der Waals surface area contributed by atoms with Gasteiger partial charge in [0, 0.05) is 51.8 Å². The number of nitrogens with one attached hydrogen (secondary N) is 1. The van der Waals surface area contributed by atoms with Crippen LogP contribution in [0.2, 0.25) is 0 Å². The highest BCUT2D eigenvalue weighted by Crippen LogP contribution is 2.41. The monoisotopic (exact) mass is 529 g/mol. The van der Waals surface area contributed by atoms with Crippen LogP contribution in [0.5, 0.6) is 6.01 Å². The Morgan fingerprint density at radius 2 is 1.76 bits per heavy atom. The van der Waals surface area contributed by atoms with Crippen LogP contribution in [0.1, 0.15) is 38.5 Å². The second-order valence-electron chi connectivity index (χ2n) is 11.5. The van der Waals surface area contributed by atoms with Gasteiger partial charge in [0.1, 0.15) is 17.9 Å². The van der Waals surface area contributed by atoms with Gasteiger partial charge in [-0.3, -0.25) is 4.90 Å². The molecule has 6 nitrogen and oxygen atoms in total. The molecule has 4 aliphatic heterocycles. The van der Waals surface area contributed by atoms with Crippen molar-refractivity contribution in [3.63, 3.8) is 0 Å². The van der Waals surface area contributed by atoms with Crippen LogP contribution in [0.4, 0.5) is 10.2 Å². The third kappa shape index (κ3) is 3.64. The molecule has 1 N–H and O–H groups in total. The van der Waals surface area contributed by atoms with Gasteiger partial charge in [0.25, 0.3) is 0 Å². The molecule has 0 unspecified atom stereocenters. The topological polar surface area (TPSA) is 53.5 Å². The van der Waals surface area contributed by atoms with E-state index in [2.05, 4.69) is 32.6 Å². The predicted molar refractivity (Wildman–Crippen MR) is 151 cm³/mol. The minimum absolute atomic E-state index is 0.0859. The van der Waals surface area contributed by atoms with Gasteiger partial charge < -0.3 is 15.0 Å². The van der Waals surface area contributed by atoms with Crippen molar-refractivity contribution in [3.8, 4) is 17.1 Å². The SMILES string of the molecule is Fc1c(-c2csc3ccccc23)ccc2c(N3C[C@H]4CC[C@@H](C3)N4)nc(OCC34CCCN3CCC4)nc12. The zero-order valence-electron chi connectivity index (χ0n) is 21.5. The quantitative estimate of drug-likeness (QED) is 0.363. The summed E-state index contributed by atoms with van der Waals surface area (Å²) < 4.78 is 24.0. The van der Waals surface area contributed by atoms with Crippen molar-refractivity contribution in [1.29, 1.82) is 0 Å². The van der Waals surface area contributed by atoms with Gasteiger partial charge in [-0.1, -0.05) is 24.3 Å². The molecular weight excluding hydrogens is 497 g/mol. The Morgan fingerprint density at radius 3 is 2.58 bits per heavy atom. The lowest BCUT2D eigenvalue weighted by Gasteiger charge is -2.34. The molecule has 0 saturated carbocycles. The first-order valence-corrected chi connectivity index (χ1v) is 14.9. The number of anilines is 1. The van der Waals surface area contributed by atoms with Gasteiger partial charge in [-0.15, -0.1) is 11.3 Å². The van der Waals surface area contributed by atoms with Crippen LogP contribution in [-0.2, 0) is 0 Å². The number of halogens is 1. The molecular formula is C30H32FN5OS. The summed E-state index contributed by atoms with van der Waals surface area (Å²) in [6.45, 7) is 4.60. The number of benzene rings is 2. The van der Waals surface area contributed by atoms with Crippen LogP contribution in [0.15, 0.2) is 41.8 Å². The first kappa shape index (κ1) is 23.1. The van der Waals surface area contributed by atoms with Crippen LogP contribution < -0.4 is 15.0 Å². The first-order chi connectivity index (χ1) is 18.7. The van der Waals surface area contributed by atoms with Crippen molar-refractivity contribution < 1.29 is 9.13 Å². The maximum atomic E-state index is 16.4. The van der Waals surface area contributed by atoms with Crippen LogP contribution in [0.25, 0.3) is 32.1 Å². The maximum absolute atomic E-state index is 16.4. The maximum Gasteiger partial charge on any atom is 0.319 e. The highest BCUT2D eigenvalue weighted by molar-refractivity contribution is 7.17. The molecule has 2 bridgehead atoms. The summed E-state index contributed by atoms with van der Waals surface area (Å²) in [5.74, 6) is 0.510. The molecule has 6 heterocycles. The number of ether oxygens (including phenoxy) is 1. The highest BCUT2D eigenvalue weighted by Gasteiger charge is 2.45. The van der Waals surface area contributed by atoms with Crippen LogP contribution in [0.3, 0.4) is 0 Å². The van der Waals surface area contributed by atoms with Gasteiger partial charge in [-0.25, -0.2) is 4.39 Å². The van der Waals surface area contributed by atoms with Gasteiger partial charge in [-0.05, 0) is 69.1 Å². The van der Waals surface area contributed by atoms with E-state index in [1.807, 2.05) is 24.3 Å². The lowest BCUT2D eigenvalue weighted by Crippen LogP contribution is -2.51. The van der Waals surface area contributed by atoms with Gasteiger partial charge in [-0.2, -0.15) is 9.97 Å². The van der Waals surface area contributed by atoms with E-state index in [-0.39, 0.29) is 11.4 Å². The molecule has 0 aliphatic carbocycles. The van der Waals surface area contributed by atoms with Crippen molar-refractivity contribution >= 4 is 38.1 Å². The van der Waals surface area contributed by atoms with Crippen molar-refractivity contribution in [1.82, 2.24) is 20.2 Å². The number of nitrogens with zero attached hydrogens (tertiary/aromatic N) is 4. The minimum Gasteiger partial charge on any atom is -0.461 e. The van der Waals surface area contributed by atoms with Gasteiger partial charge in [0.05, 0.1) is 5.54 Å². The Labute approximate surface area is 225 Å². The van der Waals surface area contributed by atoms with Crippen molar-refractivity contribution in [2.75, 3.05) is 37.7 Å². The van der Waals surface area contributed by atoms with Crippen molar-refractivity contribution in [2.45, 2.75) is 56.1 Å². The third-order valence-electron chi connectivity index (χ3n) is 9.33.